The molecule has 0 bridgehead atoms. The number of piperidine rings is 2. The van der Waals surface area contributed by atoms with Gasteiger partial charge < -0.3 is 20.1 Å². The van der Waals surface area contributed by atoms with E-state index in [9.17, 15) is 26.4 Å². The number of carbonyl (C=O) groups is 2. The fourth-order valence-electron chi connectivity index (χ4n) is 6.21. The Hall–Kier alpha value is -3.80. The van der Waals surface area contributed by atoms with Crippen molar-refractivity contribution in [2.45, 2.75) is 34.1 Å². The number of carbonyl (C=O) groups excluding carboxylic acids is 2. The molecule has 0 unspecified atom stereocenters. The van der Waals surface area contributed by atoms with Gasteiger partial charge in [0.15, 0.2) is 0 Å². The fraction of sp³-hybridized carbons (Fsp3) is 0.353. The monoisotopic (exact) mass is 758 g/mol. The van der Waals surface area contributed by atoms with Crippen molar-refractivity contribution in [1.82, 2.24) is 8.61 Å². The lowest BCUT2D eigenvalue weighted by Gasteiger charge is -2.30. The minimum atomic E-state index is -3.55. The van der Waals surface area contributed by atoms with Crippen molar-refractivity contribution in [3.05, 3.63) is 71.4 Å². The zero-order valence-corrected chi connectivity index (χ0v) is 30.8. The molecule has 0 atom stereocenters. The summed E-state index contributed by atoms with van der Waals surface area (Å²) >= 11 is 2.37. The van der Waals surface area contributed by atoms with Gasteiger partial charge in [-0.1, -0.05) is 24.3 Å². The van der Waals surface area contributed by atoms with Crippen LogP contribution in [0.5, 0.6) is 11.5 Å². The molecule has 2 aliphatic heterocycles. The van der Waals surface area contributed by atoms with Crippen molar-refractivity contribution in [3.63, 3.8) is 0 Å². The number of thiophene rings is 2. The van der Waals surface area contributed by atoms with E-state index in [0.29, 0.717) is 57.0 Å². The van der Waals surface area contributed by atoms with Crippen molar-refractivity contribution in [2.75, 3.05) is 51.0 Å². The molecule has 2 aliphatic rings. The van der Waals surface area contributed by atoms with E-state index in [0.717, 1.165) is 11.1 Å². The molecule has 2 N–H and O–H groups in total. The third-order valence-corrected chi connectivity index (χ3v) is 15.6. The zero-order valence-electron chi connectivity index (χ0n) is 27.5. The topological polar surface area (TPSA) is 151 Å². The first kappa shape index (κ1) is 36.0. The van der Waals surface area contributed by atoms with E-state index in [4.69, 9.17) is 9.47 Å². The molecule has 2 amide bonds. The maximum absolute atomic E-state index is 13.2. The van der Waals surface area contributed by atoms with Crippen molar-refractivity contribution >= 4 is 65.9 Å². The van der Waals surface area contributed by atoms with E-state index >= 15 is 0 Å². The molecule has 0 spiro atoms. The van der Waals surface area contributed by atoms with Crippen LogP contribution in [0.25, 0.3) is 11.1 Å². The highest BCUT2D eigenvalue weighted by Crippen LogP contribution is 2.36. The van der Waals surface area contributed by atoms with Gasteiger partial charge in [0.25, 0.3) is 20.0 Å². The van der Waals surface area contributed by atoms with Gasteiger partial charge in [-0.05, 0) is 84.0 Å². The molecule has 0 radical (unpaired) electrons. The first-order chi connectivity index (χ1) is 24.0. The lowest BCUT2D eigenvalue weighted by atomic mass is 9.96. The van der Waals surface area contributed by atoms with E-state index in [1.54, 1.807) is 59.3 Å². The van der Waals surface area contributed by atoms with Gasteiger partial charge in [0.1, 0.15) is 19.9 Å². The van der Waals surface area contributed by atoms with Gasteiger partial charge in [-0.15, -0.1) is 22.7 Å². The number of nitrogens with one attached hydrogen (secondary N) is 2. The third-order valence-electron chi connectivity index (χ3n) is 9.08. The van der Waals surface area contributed by atoms with E-state index in [1.165, 1.54) is 45.5 Å². The van der Waals surface area contributed by atoms with Gasteiger partial charge in [0, 0.05) is 38.0 Å². The van der Waals surface area contributed by atoms with E-state index in [1.807, 2.05) is 12.1 Å². The molecule has 4 aromatic rings. The summed E-state index contributed by atoms with van der Waals surface area (Å²) in [5.74, 6) is -0.155. The van der Waals surface area contributed by atoms with Gasteiger partial charge >= 0.3 is 0 Å². The number of rotatable bonds is 11. The van der Waals surface area contributed by atoms with E-state index < -0.39 is 20.0 Å². The minimum absolute atomic E-state index is 0.194. The number of anilines is 2. The number of benzene rings is 2. The second kappa shape index (κ2) is 15.2. The number of hydrogen-bond donors (Lipinski definition) is 2. The highest BCUT2D eigenvalue weighted by atomic mass is 32.3. The Labute approximate surface area is 300 Å². The molecule has 2 saturated heterocycles. The van der Waals surface area contributed by atoms with Crippen LogP contribution in [0.3, 0.4) is 0 Å². The first-order valence-corrected chi connectivity index (χ1v) is 20.7. The van der Waals surface area contributed by atoms with Gasteiger partial charge in [0.2, 0.25) is 11.8 Å². The second-order valence-electron chi connectivity index (χ2n) is 12.0. The van der Waals surface area contributed by atoms with Crippen molar-refractivity contribution < 1.29 is 35.9 Å². The predicted molar refractivity (Wildman–Crippen MR) is 194 cm³/mol. The van der Waals surface area contributed by atoms with Gasteiger partial charge in [-0.3, -0.25) is 9.59 Å². The van der Waals surface area contributed by atoms with Gasteiger partial charge in [0.05, 0.1) is 25.6 Å². The molecule has 0 aliphatic carbocycles. The summed E-state index contributed by atoms with van der Waals surface area (Å²) in [6, 6.07) is 17.4. The molecule has 2 aromatic carbocycles. The zero-order chi connectivity index (χ0) is 35.5. The van der Waals surface area contributed by atoms with E-state index in [-0.39, 0.29) is 49.8 Å². The Balaban J connectivity index is 1.06. The van der Waals surface area contributed by atoms with Crippen LogP contribution in [-0.4, -0.2) is 77.7 Å². The minimum Gasteiger partial charge on any atom is -0.495 e. The van der Waals surface area contributed by atoms with Crippen LogP contribution in [-0.2, 0) is 29.6 Å². The molecule has 0 saturated carbocycles. The van der Waals surface area contributed by atoms with Crippen LogP contribution in [0.2, 0.25) is 0 Å². The highest BCUT2D eigenvalue weighted by molar-refractivity contribution is 7.91. The van der Waals surface area contributed by atoms with Crippen LogP contribution < -0.4 is 20.1 Å². The molecule has 2 fully saturated rings. The average Bonchev–Trinajstić information content (AvgIpc) is 3.89. The lowest BCUT2D eigenvalue weighted by Crippen LogP contribution is -2.41. The molecule has 12 nitrogen and oxygen atoms in total. The summed E-state index contributed by atoms with van der Waals surface area (Å²) in [6.07, 6.45) is 1.65. The molecule has 50 heavy (non-hydrogen) atoms. The number of hydrogen-bond acceptors (Lipinski definition) is 10. The Bertz CT molecular complexity index is 1890. The SMILES string of the molecule is COc1cc(-c2ccc(NC(=O)C3CCN(S(=O)(=O)c4cccs4)CC3)c(OC)c2)ccc1NC(=O)C1CCN(S(=O)(=O)c2cccs2)CC1. The Morgan fingerprint density at radius 2 is 1.02 bits per heavy atom. The maximum atomic E-state index is 13.2. The smallest absolute Gasteiger partial charge is 0.252 e. The van der Waals surface area contributed by atoms with E-state index in [2.05, 4.69) is 10.6 Å². The normalized spacial score (nSPS) is 16.9. The molecular weight excluding hydrogens is 721 g/mol. The summed E-state index contributed by atoms with van der Waals surface area (Å²) in [6.45, 7) is 1.08. The number of nitrogens with zero attached hydrogens (tertiary/aromatic N) is 2. The molecule has 16 heteroatoms. The Kier molecular flexibility index (Phi) is 11.0. The maximum Gasteiger partial charge on any atom is 0.252 e. The summed E-state index contributed by atoms with van der Waals surface area (Å²) in [7, 11) is -4.06. The van der Waals surface area contributed by atoms with Crippen molar-refractivity contribution in [3.8, 4) is 22.6 Å². The van der Waals surface area contributed by atoms with Crippen LogP contribution in [0.1, 0.15) is 25.7 Å². The summed E-state index contributed by atoms with van der Waals surface area (Å²) in [5.41, 5.74) is 2.59. The Morgan fingerprint density at radius 3 is 1.34 bits per heavy atom. The molecule has 266 valence electrons. The number of ether oxygens (including phenoxy) is 2. The summed E-state index contributed by atoms with van der Waals surface area (Å²) < 4.78 is 66.2. The van der Waals surface area contributed by atoms with Crippen molar-refractivity contribution in [2.24, 2.45) is 11.8 Å². The Morgan fingerprint density at radius 1 is 0.640 bits per heavy atom. The number of amides is 2. The van der Waals surface area contributed by atoms with Gasteiger partial charge in [-0.25, -0.2) is 16.8 Å². The number of sulfonamides is 2. The van der Waals surface area contributed by atoms with Crippen molar-refractivity contribution in [1.29, 1.82) is 0 Å². The largest absolute Gasteiger partial charge is 0.495 e. The molecule has 2 aromatic heterocycles. The highest BCUT2D eigenvalue weighted by Gasteiger charge is 2.34. The predicted octanol–water partition coefficient (Wildman–Crippen LogP) is 5.57. The molecule has 6 rings (SSSR count). The van der Waals surface area contributed by atoms with Crippen LogP contribution in [0.4, 0.5) is 11.4 Å². The molecular formula is C34H38N4O8S4. The van der Waals surface area contributed by atoms with Crippen LogP contribution >= 0.6 is 22.7 Å². The number of methoxy groups -OCH3 is 2. The molecule has 4 heterocycles. The standard InChI is InChI=1S/C34H38N4O8S4/c1-45-29-21-25(7-9-27(29)35-33(39)23-11-15-37(16-12-23)49(41,42)31-5-3-19-47-31)26-8-10-28(30(22-26)46-2)36-34(40)24-13-17-38(18-14-24)50(43,44)32-6-4-20-48-32/h3-10,19-24H,11-18H2,1-2H3,(H,35,39)(H,36,40). The summed E-state index contributed by atoms with van der Waals surface area (Å²) in [4.78, 5) is 26.4. The first-order valence-electron chi connectivity index (χ1n) is 16.1. The lowest BCUT2D eigenvalue weighted by molar-refractivity contribution is -0.121. The second-order valence-corrected chi connectivity index (χ2v) is 18.3. The van der Waals surface area contributed by atoms with Gasteiger partial charge in [-0.2, -0.15) is 8.61 Å². The quantitative estimate of drug-likeness (QED) is 0.202. The van der Waals surface area contributed by atoms with Crippen LogP contribution in [0.15, 0.2) is 79.8 Å². The third kappa shape index (κ3) is 7.60. The average molecular weight is 759 g/mol. The fourth-order valence-corrected chi connectivity index (χ4v) is 11.4. The van der Waals surface area contributed by atoms with Crippen LogP contribution in [0, 0.1) is 11.8 Å². The summed E-state index contributed by atoms with van der Waals surface area (Å²) in [5, 5.41) is 9.38.